The number of hydrogen-bond donors (Lipinski definition) is 2. The molecule has 0 unspecified atom stereocenters. The lowest BCUT2D eigenvalue weighted by Crippen LogP contribution is -2.42. The minimum atomic E-state index is -1.03. The van der Waals surface area contributed by atoms with Gasteiger partial charge in [-0.1, -0.05) is 35.9 Å². The zero-order valence-corrected chi connectivity index (χ0v) is 15.1. The molecule has 6 nitrogen and oxygen atoms in total. The molecule has 2 atom stereocenters. The first-order chi connectivity index (χ1) is 12.4. The highest BCUT2D eigenvalue weighted by Crippen LogP contribution is 2.15. The van der Waals surface area contributed by atoms with Gasteiger partial charge in [0.2, 0.25) is 0 Å². The smallest absolute Gasteiger partial charge is 0.329 e. The zero-order chi connectivity index (χ0) is 19.1. The summed E-state index contributed by atoms with van der Waals surface area (Å²) in [6.07, 6.45) is -1.03. The van der Waals surface area contributed by atoms with Crippen molar-refractivity contribution in [1.29, 1.82) is 0 Å². The molecule has 0 aliphatic heterocycles. The molecule has 2 aromatic carbocycles. The monoisotopic (exact) mass is 374 g/mol. The van der Waals surface area contributed by atoms with Crippen LogP contribution in [-0.4, -0.2) is 29.9 Å². The molecule has 26 heavy (non-hydrogen) atoms. The van der Waals surface area contributed by atoms with Crippen molar-refractivity contribution < 1.29 is 19.1 Å². The Morgan fingerprint density at radius 1 is 1.00 bits per heavy atom. The highest BCUT2D eigenvalue weighted by molar-refractivity contribution is 6.30. The largest absolute Gasteiger partial charge is 0.451 e. The second kappa shape index (κ2) is 9.01. The van der Waals surface area contributed by atoms with Crippen LogP contribution in [0.1, 0.15) is 24.2 Å². The van der Waals surface area contributed by atoms with Gasteiger partial charge in [0.05, 0.1) is 0 Å². The Kier molecular flexibility index (Phi) is 6.74. The molecule has 2 N–H and O–H groups in total. The summed E-state index contributed by atoms with van der Waals surface area (Å²) in [5.74, 6) is -1.60. The summed E-state index contributed by atoms with van der Waals surface area (Å²) < 4.78 is 5.11. The molecule has 0 saturated heterocycles. The molecule has 0 radical (unpaired) electrons. The Morgan fingerprint density at radius 3 is 2.35 bits per heavy atom. The molecule has 0 saturated carbocycles. The van der Waals surface area contributed by atoms with Crippen LogP contribution in [0.2, 0.25) is 5.02 Å². The molecule has 0 heterocycles. The number of ether oxygens (including phenoxy) is 1. The van der Waals surface area contributed by atoms with Gasteiger partial charge >= 0.3 is 5.97 Å². The number of halogens is 1. The number of benzene rings is 2. The Hall–Kier alpha value is -2.86. The third kappa shape index (κ3) is 5.60. The van der Waals surface area contributed by atoms with Crippen molar-refractivity contribution in [3.8, 4) is 0 Å². The summed E-state index contributed by atoms with van der Waals surface area (Å²) in [6, 6.07) is 14.2. The molecule has 0 fully saturated rings. The first-order valence-electron chi connectivity index (χ1n) is 7.99. The van der Waals surface area contributed by atoms with E-state index in [0.717, 1.165) is 0 Å². The van der Waals surface area contributed by atoms with E-state index in [1.807, 2.05) is 0 Å². The number of nitrogens with one attached hydrogen (secondary N) is 2. The van der Waals surface area contributed by atoms with Crippen molar-refractivity contribution in [2.45, 2.75) is 26.0 Å². The molecule has 0 aromatic heterocycles. The fraction of sp³-hybridized carbons (Fsp3) is 0.211. The van der Waals surface area contributed by atoms with Crippen LogP contribution in [0.25, 0.3) is 0 Å². The molecule has 136 valence electrons. The zero-order valence-electron chi connectivity index (χ0n) is 14.4. The molecule has 2 amide bonds. The number of rotatable bonds is 6. The van der Waals surface area contributed by atoms with Gasteiger partial charge in [0.1, 0.15) is 6.04 Å². The molecule has 2 rings (SSSR count). The fourth-order valence-electron chi connectivity index (χ4n) is 2.07. The standard InChI is InChI=1S/C19H19ClN2O4/c1-12(21-18(24)14-7-4-3-5-8-14)19(25)26-13(2)17(23)22-16-10-6-9-15(20)11-16/h3-13H,1-2H3,(H,21,24)(H,22,23)/t12-,13+/m0/s1. The first-order valence-corrected chi connectivity index (χ1v) is 8.37. The van der Waals surface area contributed by atoms with E-state index in [1.54, 1.807) is 54.6 Å². The third-order valence-corrected chi connectivity index (χ3v) is 3.73. The van der Waals surface area contributed by atoms with Gasteiger partial charge in [0.25, 0.3) is 11.8 Å². The number of hydrogen-bond acceptors (Lipinski definition) is 4. The maximum absolute atomic E-state index is 12.1. The van der Waals surface area contributed by atoms with E-state index >= 15 is 0 Å². The van der Waals surface area contributed by atoms with E-state index in [9.17, 15) is 14.4 Å². The molecule has 2 aromatic rings. The molecule has 0 aliphatic rings. The summed E-state index contributed by atoms with van der Waals surface area (Å²) in [5.41, 5.74) is 0.926. The van der Waals surface area contributed by atoms with Crippen LogP contribution in [-0.2, 0) is 14.3 Å². The fourth-order valence-corrected chi connectivity index (χ4v) is 2.26. The number of carbonyl (C=O) groups is 3. The lowest BCUT2D eigenvalue weighted by molar-refractivity contribution is -0.154. The molecule has 0 bridgehead atoms. The minimum absolute atomic E-state index is 0.397. The van der Waals surface area contributed by atoms with Crippen LogP contribution in [0, 0.1) is 0 Å². The highest BCUT2D eigenvalue weighted by Gasteiger charge is 2.23. The van der Waals surface area contributed by atoms with Gasteiger partial charge < -0.3 is 15.4 Å². The average molecular weight is 375 g/mol. The SMILES string of the molecule is C[C@H](NC(=O)c1ccccc1)C(=O)O[C@H](C)C(=O)Nc1cccc(Cl)c1. The molecule has 0 spiro atoms. The van der Waals surface area contributed by atoms with Crippen LogP contribution in [0.5, 0.6) is 0 Å². The predicted molar refractivity (Wildman–Crippen MR) is 99.0 cm³/mol. The molecule has 7 heteroatoms. The van der Waals surface area contributed by atoms with Crippen LogP contribution in [0.3, 0.4) is 0 Å². The van der Waals surface area contributed by atoms with Gasteiger partial charge in [0, 0.05) is 16.3 Å². The first kappa shape index (κ1) is 19.5. The van der Waals surface area contributed by atoms with E-state index < -0.39 is 29.9 Å². The van der Waals surface area contributed by atoms with E-state index in [0.29, 0.717) is 16.3 Å². The summed E-state index contributed by atoms with van der Waals surface area (Å²) in [7, 11) is 0. The lowest BCUT2D eigenvalue weighted by Gasteiger charge is -2.17. The van der Waals surface area contributed by atoms with Crippen molar-refractivity contribution in [2.75, 3.05) is 5.32 Å². The summed E-state index contributed by atoms with van der Waals surface area (Å²) in [6.45, 7) is 2.94. The van der Waals surface area contributed by atoms with Gasteiger partial charge in [-0.25, -0.2) is 4.79 Å². The molecule has 0 aliphatic carbocycles. The number of esters is 1. The van der Waals surface area contributed by atoms with Gasteiger partial charge in [-0.2, -0.15) is 0 Å². The Morgan fingerprint density at radius 2 is 1.69 bits per heavy atom. The van der Waals surface area contributed by atoms with E-state index in [4.69, 9.17) is 16.3 Å². The van der Waals surface area contributed by atoms with Gasteiger partial charge in [0.15, 0.2) is 6.10 Å². The lowest BCUT2D eigenvalue weighted by atomic mass is 10.2. The Labute approximate surface area is 156 Å². The van der Waals surface area contributed by atoms with E-state index in [-0.39, 0.29) is 0 Å². The van der Waals surface area contributed by atoms with E-state index in [2.05, 4.69) is 10.6 Å². The maximum Gasteiger partial charge on any atom is 0.329 e. The second-order valence-electron chi connectivity index (χ2n) is 5.64. The molecular formula is C19H19ClN2O4. The van der Waals surface area contributed by atoms with Crippen LogP contribution < -0.4 is 10.6 Å². The summed E-state index contributed by atoms with van der Waals surface area (Å²) in [4.78, 5) is 36.2. The number of anilines is 1. The highest BCUT2D eigenvalue weighted by atomic mass is 35.5. The number of carbonyl (C=O) groups excluding carboxylic acids is 3. The van der Waals surface area contributed by atoms with Crippen LogP contribution in [0.4, 0.5) is 5.69 Å². The third-order valence-electron chi connectivity index (χ3n) is 3.49. The second-order valence-corrected chi connectivity index (χ2v) is 6.08. The molecular weight excluding hydrogens is 356 g/mol. The summed E-state index contributed by atoms with van der Waals surface area (Å²) in [5, 5.41) is 5.62. The van der Waals surface area contributed by atoms with Crippen molar-refractivity contribution in [3.63, 3.8) is 0 Å². The van der Waals surface area contributed by atoms with E-state index in [1.165, 1.54) is 13.8 Å². The normalized spacial score (nSPS) is 12.6. The van der Waals surface area contributed by atoms with Gasteiger partial charge in [-0.15, -0.1) is 0 Å². The topological polar surface area (TPSA) is 84.5 Å². The van der Waals surface area contributed by atoms with Crippen molar-refractivity contribution in [3.05, 3.63) is 65.2 Å². The Bertz CT molecular complexity index is 795. The van der Waals surface area contributed by atoms with Gasteiger partial charge in [-0.3, -0.25) is 9.59 Å². The van der Waals surface area contributed by atoms with Crippen LogP contribution >= 0.6 is 11.6 Å². The van der Waals surface area contributed by atoms with Crippen molar-refractivity contribution in [2.24, 2.45) is 0 Å². The predicted octanol–water partition coefficient (Wildman–Crippen LogP) is 3.03. The Balaban J connectivity index is 1.87. The quantitative estimate of drug-likeness (QED) is 0.761. The van der Waals surface area contributed by atoms with Crippen LogP contribution in [0.15, 0.2) is 54.6 Å². The minimum Gasteiger partial charge on any atom is -0.451 e. The maximum atomic E-state index is 12.1. The average Bonchev–Trinajstić information content (AvgIpc) is 2.62. The van der Waals surface area contributed by atoms with Crippen molar-refractivity contribution in [1.82, 2.24) is 5.32 Å². The number of amides is 2. The summed E-state index contributed by atoms with van der Waals surface area (Å²) >= 11 is 5.86. The van der Waals surface area contributed by atoms with Crippen molar-refractivity contribution >= 4 is 35.1 Å². The van der Waals surface area contributed by atoms with Gasteiger partial charge in [-0.05, 0) is 44.2 Å².